The fourth-order valence-electron chi connectivity index (χ4n) is 2.11. The van der Waals surface area contributed by atoms with Gasteiger partial charge < -0.3 is 10.4 Å². The van der Waals surface area contributed by atoms with Crippen molar-refractivity contribution in [2.24, 2.45) is 0 Å². The van der Waals surface area contributed by atoms with Crippen LogP contribution in [0.25, 0.3) is 0 Å². The van der Waals surface area contributed by atoms with E-state index in [9.17, 15) is 4.79 Å². The molecular weight excluding hydrogens is 244 g/mol. The summed E-state index contributed by atoms with van der Waals surface area (Å²) in [5, 5.41) is 16.2. The van der Waals surface area contributed by atoms with Crippen LogP contribution in [0.15, 0.2) is 42.1 Å². The van der Waals surface area contributed by atoms with E-state index in [1.165, 1.54) is 0 Å². The number of benzene rings is 1. The molecule has 1 aliphatic heterocycles. The molecule has 0 aliphatic carbocycles. The number of rotatable bonds is 2. The minimum absolute atomic E-state index is 0.119. The van der Waals surface area contributed by atoms with E-state index in [1.54, 1.807) is 17.7 Å². The molecule has 0 saturated carbocycles. The highest BCUT2D eigenvalue weighted by molar-refractivity contribution is 5.90. The molecule has 0 radical (unpaired) electrons. The van der Waals surface area contributed by atoms with Crippen molar-refractivity contribution in [3.63, 3.8) is 0 Å². The predicted molar refractivity (Wildman–Crippen MR) is 68.7 cm³/mol. The van der Waals surface area contributed by atoms with Gasteiger partial charge >= 0.3 is 5.97 Å². The van der Waals surface area contributed by atoms with Gasteiger partial charge in [-0.3, -0.25) is 0 Å². The first kappa shape index (κ1) is 11.5. The Hall–Kier alpha value is -2.63. The molecule has 6 nitrogen and oxygen atoms in total. The maximum Gasteiger partial charge on any atom is 0.352 e. The highest BCUT2D eigenvalue weighted by Crippen LogP contribution is 2.28. The Balaban J connectivity index is 2.13. The molecular formula is C13H12N4O2. The van der Waals surface area contributed by atoms with Gasteiger partial charge in [-0.2, -0.15) is 10.1 Å². The molecule has 0 saturated heterocycles. The lowest BCUT2D eigenvalue weighted by atomic mass is 10.0. The molecule has 1 unspecified atom stereocenters. The quantitative estimate of drug-likeness (QED) is 0.852. The van der Waals surface area contributed by atoms with Crippen molar-refractivity contribution in [3.8, 4) is 0 Å². The number of fused-ring (bicyclic) bond motifs is 1. The second-order valence-corrected chi connectivity index (χ2v) is 4.29. The molecule has 1 aromatic heterocycles. The Morgan fingerprint density at radius 2 is 2.11 bits per heavy atom. The number of hydrogen-bond acceptors (Lipinski definition) is 4. The van der Waals surface area contributed by atoms with Crippen molar-refractivity contribution in [1.29, 1.82) is 0 Å². The summed E-state index contributed by atoms with van der Waals surface area (Å²) in [5.74, 6) is 0.0440. The molecule has 2 heterocycles. The molecule has 0 spiro atoms. The lowest BCUT2D eigenvalue weighted by Crippen LogP contribution is -2.24. The number of aryl methyl sites for hydroxylation is 1. The normalized spacial score (nSPS) is 17.3. The first-order valence-electron chi connectivity index (χ1n) is 5.85. The topological polar surface area (TPSA) is 80.0 Å². The summed E-state index contributed by atoms with van der Waals surface area (Å²) in [7, 11) is 0. The average Bonchev–Trinajstić information content (AvgIpc) is 2.78. The number of carboxylic acid groups (broad SMARTS) is 1. The highest BCUT2D eigenvalue weighted by Gasteiger charge is 2.26. The summed E-state index contributed by atoms with van der Waals surface area (Å²) < 4.78 is 1.69. The molecule has 3 rings (SSSR count). The zero-order valence-electron chi connectivity index (χ0n) is 10.2. The molecule has 2 aromatic rings. The van der Waals surface area contributed by atoms with Crippen LogP contribution in [0.5, 0.6) is 0 Å². The molecule has 96 valence electrons. The minimum Gasteiger partial charge on any atom is -0.477 e. The lowest BCUT2D eigenvalue weighted by Gasteiger charge is -2.22. The van der Waals surface area contributed by atoms with Crippen molar-refractivity contribution in [2.75, 3.05) is 5.32 Å². The number of carbonyl (C=O) groups is 1. The molecule has 2 N–H and O–H groups in total. The Bertz CT molecular complexity index is 661. The number of nitrogens with one attached hydrogen (secondary N) is 1. The smallest absolute Gasteiger partial charge is 0.352 e. The van der Waals surface area contributed by atoms with Crippen LogP contribution >= 0.6 is 0 Å². The Kier molecular flexibility index (Phi) is 2.56. The van der Waals surface area contributed by atoms with E-state index in [0.717, 1.165) is 5.56 Å². The molecule has 0 amide bonds. The fraction of sp³-hybridized carbons (Fsp3) is 0.154. The molecule has 0 bridgehead atoms. The Morgan fingerprint density at radius 3 is 2.79 bits per heavy atom. The van der Waals surface area contributed by atoms with Gasteiger partial charge in [0.05, 0.1) is 0 Å². The largest absolute Gasteiger partial charge is 0.477 e. The van der Waals surface area contributed by atoms with E-state index in [-0.39, 0.29) is 11.7 Å². The predicted octanol–water partition coefficient (Wildman–Crippen LogP) is 1.57. The number of carboxylic acids is 1. The number of allylic oxidation sites excluding steroid dienone is 1. The van der Waals surface area contributed by atoms with Crippen molar-refractivity contribution in [3.05, 3.63) is 53.5 Å². The maximum absolute atomic E-state index is 11.2. The number of aliphatic carboxylic acids is 1. The lowest BCUT2D eigenvalue weighted by molar-refractivity contribution is -0.132. The van der Waals surface area contributed by atoms with Crippen LogP contribution in [-0.2, 0) is 4.79 Å². The van der Waals surface area contributed by atoms with Crippen LogP contribution in [0.2, 0.25) is 0 Å². The van der Waals surface area contributed by atoms with Crippen molar-refractivity contribution < 1.29 is 9.90 Å². The second-order valence-electron chi connectivity index (χ2n) is 4.29. The maximum atomic E-state index is 11.2. The van der Waals surface area contributed by atoms with Gasteiger partial charge in [-0.25, -0.2) is 9.48 Å². The van der Waals surface area contributed by atoms with Gasteiger partial charge in [-0.15, -0.1) is 0 Å². The minimum atomic E-state index is -1.01. The van der Waals surface area contributed by atoms with Crippen molar-refractivity contribution >= 4 is 11.9 Å². The SMILES string of the molecule is Cc1nc2n(n1)C(c1ccccc1)C=C(C(=O)O)N2. The summed E-state index contributed by atoms with van der Waals surface area (Å²) in [6, 6.07) is 9.36. The van der Waals surface area contributed by atoms with Gasteiger partial charge in [0.2, 0.25) is 5.95 Å². The van der Waals surface area contributed by atoms with E-state index in [2.05, 4.69) is 15.4 Å². The van der Waals surface area contributed by atoms with Crippen LogP contribution in [0.4, 0.5) is 5.95 Å². The average molecular weight is 256 g/mol. The zero-order valence-corrected chi connectivity index (χ0v) is 10.2. The van der Waals surface area contributed by atoms with Gasteiger partial charge in [0.1, 0.15) is 17.6 Å². The Labute approximate surface area is 109 Å². The third kappa shape index (κ3) is 1.97. The van der Waals surface area contributed by atoms with Crippen LogP contribution in [0, 0.1) is 6.92 Å². The van der Waals surface area contributed by atoms with E-state index in [4.69, 9.17) is 5.11 Å². The van der Waals surface area contributed by atoms with Crippen LogP contribution in [0.3, 0.4) is 0 Å². The van der Waals surface area contributed by atoms with Gasteiger partial charge in [0.15, 0.2) is 0 Å². The third-order valence-corrected chi connectivity index (χ3v) is 2.94. The molecule has 1 atom stereocenters. The van der Waals surface area contributed by atoms with E-state index >= 15 is 0 Å². The molecule has 19 heavy (non-hydrogen) atoms. The summed E-state index contributed by atoms with van der Waals surface area (Å²) >= 11 is 0. The van der Waals surface area contributed by atoms with E-state index in [1.807, 2.05) is 30.3 Å². The van der Waals surface area contributed by atoms with Crippen LogP contribution in [-0.4, -0.2) is 25.8 Å². The highest BCUT2D eigenvalue weighted by atomic mass is 16.4. The Morgan fingerprint density at radius 1 is 1.37 bits per heavy atom. The number of nitrogens with zero attached hydrogens (tertiary/aromatic N) is 3. The first-order chi connectivity index (χ1) is 9.15. The molecule has 6 heteroatoms. The molecule has 1 aliphatic rings. The summed E-state index contributed by atoms with van der Waals surface area (Å²) in [5.41, 5.74) is 1.09. The number of aromatic nitrogens is 3. The zero-order chi connectivity index (χ0) is 13.4. The molecule has 0 fully saturated rings. The van der Waals surface area contributed by atoms with Crippen molar-refractivity contribution in [1.82, 2.24) is 14.8 Å². The van der Waals surface area contributed by atoms with Gasteiger partial charge in [-0.05, 0) is 18.6 Å². The third-order valence-electron chi connectivity index (χ3n) is 2.94. The monoisotopic (exact) mass is 256 g/mol. The van der Waals surface area contributed by atoms with Gasteiger partial charge in [0.25, 0.3) is 0 Å². The van der Waals surface area contributed by atoms with Gasteiger partial charge in [-0.1, -0.05) is 30.3 Å². The van der Waals surface area contributed by atoms with Gasteiger partial charge in [0, 0.05) is 0 Å². The first-order valence-corrected chi connectivity index (χ1v) is 5.85. The molecule has 1 aromatic carbocycles. The number of anilines is 1. The summed E-state index contributed by atoms with van der Waals surface area (Å²) in [6.45, 7) is 1.77. The second kappa shape index (κ2) is 4.24. The van der Waals surface area contributed by atoms with Crippen LogP contribution in [0.1, 0.15) is 17.4 Å². The standard InChI is InChI=1S/C13H12N4O2/c1-8-14-13-15-10(12(18)19)7-11(17(13)16-8)9-5-3-2-4-6-9/h2-7,11H,1H3,(H,18,19)(H,14,15,16). The fourth-order valence-corrected chi connectivity index (χ4v) is 2.11. The summed E-state index contributed by atoms with van der Waals surface area (Å²) in [4.78, 5) is 15.4. The van der Waals surface area contributed by atoms with Crippen LogP contribution < -0.4 is 5.32 Å². The van der Waals surface area contributed by atoms with Crippen molar-refractivity contribution in [2.45, 2.75) is 13.0 Å². The number of hydrogen-bond donors (Lipinski definition) is 2. The summed E-state index contributed by atoms with van der Waals surface area (Å²) in [6.07, 6.45) is 1.64. The van der Waals surface area contributed by atoms with E-state index in [0.29, 0.717) is 11.8 Å². The van der Waals surface area contributed by atoms with E-state index < -0.39 is 5.97 Å².